The van der Waals surface area contributed by atoms with Crippen LogP contribution >= 0.6 is 0 Å². The van der Waals surface area contributed by atoms with E-state index in [0.29, 0.717) is 5.92 Å². The third kappa shape index (κ3) is 1.95. The van der Waals surface area contributed by atoms with E-state index in [1.165, 1.54) is 36.2 Å². The molecule has 0 aliphatic carbocycles. The van der Waals surface area contributed by atoms with E-state index in [0.717, 1.165) is 6.54 Å². The number of piperidine rings is 1. The fourth-order valence-corrected chi connectivity index (χ4v) is 2.24. The quantitative estimate of drug-likeness (QED) is 0.734. The summed E-state index contributed by atoms with van der Waals surface area (Å²) in [4.78, 5) is 4.56. The lowest BCUT2D eigenvalue weighted by Crippen LogP contribution is -2.29. The Bertz CT molecular complexity index is 314. The van der Waals surface area contributed by atoms with E-state index < -0.39 is 0 Å². The van der Waals surface area contributed by atoms with Crippen molar-refractivity contribution in [1.29, 1.82) is 0 Å². The molecular formula is C12H18N2. The molecule has 1 fully saturated rings. The molecule has 1 aliphatic heterocycles. The fourth-order valence-electron chi connectivity index (χ4n) is 2.24. The first-order chi connectivity index (χ1) is 6.77. The summed E-state index contributed by atoms with van der Waals surface area (Å²) in [5.41, 5.74) is 3.90. The van der Waals surface area contributed by atoms with Crippen molar-refractivity contribution in [2.45, 2.75) is 32.6 Å². The van der Waals surface area contributed by atoms with E-state index in [9.17, 15) is 0 Å². The van der Waals surface area contributed by atoms with Gasteiger partial charge in [0.25, 0.3) is 0 Å². The second-order valence-electron chi connectivity index (χ2n) is 4.26. The van der Waals surface area contributed by atoms with E-state index in [2.05, 4.69) is 30.2 Å². The first-order valence-electron chi connectivity index (χ1n) is 5.41. The molecule has 76 valence electrons. The predicted octanol–water partition coefficient (Wildman–Crippen LogP) is 2.17. The number of hydrogen-bond donors (Lipinski definition) is 1. The number of rotatable bonds is 1. The first kappa shape index (κ1) is 9.66. The SMILES string of the molecule is Cc1cnc(C2CCCNC2)c(C)c1. The highest BCUT2D eigenvalue weighted by Gasteiger charge is 2.17. The van der Waals surface area contributed by atoms with Crippen LogP contribution in [0.25, 0.3) is 0 Å². The summed E-state index contributed by atoms with van der Waals surface area (Å²) in [6.07, 6.45) is 4.54. The van der Waals surface area contributed by atoms with Crippen LogP contribution in [0.2, 0.25) is 0 Å². The fraction of sp³-hybridized carbons (Fsp3) is 0.583. The summed E-state index contributed by atoms with van der Waals surface area (Å²) in [7, 11) is 0. The lowest BCUT2D eigenvalue weighted by molar-refractivity contribution is 0.453. The number of aromatic nitrogens is 1. The molecule has 0 spiro atoms. The molecule has 2 rings (SSSR count). The minimum Gasteiger partial charge on any atom is -0.316 e. The largest absolute Gasteiger partial charge is 0.316 e. The van der Waals surface area contributed by atoms with Crippen molar-refractivity contribution in [3.8, 4) is 0 Å². The van der Waals surface area contributed by atoms with E-state index in [4.69, 9.17) is 0 Å². The van der Waals surface area contributed by atoms with Crippen molar-refractivity contribution >= 4 is 0 Å². The molecule has 0 aromatic carbocycles. The molecule has 2 nitrogen and oxygen atoms in total. The number of pyridine rings is 1. The van der Waals surface area contributed by atoms with Crippen LogP contribution in [-0.2, 0) is 0 Å². The van der Waals surface area contributed by atoms with Gasteiger partial charge in [-0.15, -0.1) is 0 Å². The molecule has 14 heavy (non-hydrogen) atoms. The third-order valence-electron chi connectivity index (χ3n) is 2.94. The van der Waals surface area contributed by atoms with Gasteiger partial charge in [-0.1, -0.05) is 6.07 Å². The van der Waals surface area contributed by atoms with Gasteiger partial charge in [-0.2, -0.15) is 0 Å². The Labute approximate surface area is 85.7 Å². The molecule has 1 atom stereocenters. The van der Waals surface area contributed by atoms with Gasteiger partial charge in [0.2, 0.25) is 0 Å². The highest BCUT2D eigenvalue weighted by Crippen LogP contribution is 2.24. The van der Waals surface area contributed by atoms with Gasteiger partial charge in [-0.05, 0) is 44.4 Å². The molecule has 1 N–H and O–H groups in total. The Hall–Kier alpha value is -0.890. The molecule has 1 saturated heterocycles. The van der Waals surface area contributed by atoms with Crippen LogP contribution < -0.4 is 5.32 Å². The van der Waals surface area contributed by atoms with Crippen molar-refractivity contribution < 1.29 is 0 Å². The maximum atomic E-state index is 4.56. The Morgan fingerprint density at radius 1 is 1.43 bits per heavy atom. The maximum absolute atomic E-state index is 4.56. The van der Waals surface area contributed by atoms with Crippen molar-refractivity contribution in [2.75, 3.05) is 13.1 Å². The minimum atomic E-state index is 0.629. The standard InChI is InChI=1S/C12H18N2/c1-9-6-10(2)12(14-7-9)11-4-3-5-13-8-11/h6-7,11,13H,3-5,8H2,1-2H3. The van der Waals surface area contributed by atoms with Gasteiger partial charge in [-0.3, -0.25) is 4.98 Å². The Morgan fingerprint density at radius 2 is 2.29 bits per heavy atom. The molecule has 1 aromatic rings. The number of aryl methyl sites for hydroxylation is 2. The van der Waals surface area contributed by atoms with Crippen LogP contribution in [0.3, 0.4) is 0 Å². The lowest BCUT2D eigenvalue weighted by atomic mass is 9.93. The zero-order valence-corrected chi connectivity index (χ0v) is 9.01. The predicted molar refractivity (Wildman–Crippen MR) is 58.6 cm³/mol. The topological polar surface area (TPSA) is 24.9 Å². The second-order valence-corrected chi connectivity index (χ2v) is 4.26. The Morgan fingerprint density at radius 3 is 2.93 bits per heavy atom. The summed E-state index contributed by atoms with van der Waals surface area (Å²) in [5, 5.41) is 3.44. The first-order valence-corrected chi connectivity index (χ1v) is 5.41. The maximum Gasteiger partial charge on any atom is 0.0476 e. The second kappa shape index (κ2) is 4.09. The molecule has 1 aliphatic rings. The smallest absolute Gasteiger partial charge is 0.0476 e. The Kier molecular flexibility index (Phi) is 2.82. The van der Waals surface area contributed by atoms with Crippen molar-refractivity contribution in [2.24, 2.45) is 0 Å². The Balaban J connectivity index is 2.22. The van der Waals surface area contributed by atoms with Gasteiger partial charge in [0, 0.05) is 24.4 Å². The van der Waals surface area contributed by atoms with Crippen molar-refractivity contribution in [3.05, 3.63) is 29.1 Å². The summed E-state index contributed by atoms with van der Waals surface area (Å²) in [6.45, 7) is 6.53. The van der Waals surface area contributed by atoms with Crippen LogP contribution in [0.4, 0.5) is 0 Å². The van der Waals surface area contributed by atoms with E-state index in [-0.39, 0.29) is 0 Å². The van der Waals surface area contributed by atoms with Crippen LogP contribution in [0, 0.1) is 13.8 Å². The monoisotopic (exact) mass is 190 g/mol. The third-order valence-corrected chi connectivity index (χ3v) is 2.94. The van der Waals surface area contributed by atoms with Crippen LogP contribution in [0.15, 0.2) is 12.3 Å². The molecule has 0 bridgehead atoms. The van der Waals surface area contributed by atoms with Gasteiger partial charge >= 0.3 is 0 Å². The molecule has 0 saturated carbocycles. The van der Waals surface area contributed by atoms with Crippen LogP contribution in [0.5, 0.6) is 0 Å². The summed E-state index contributed by atoms with van der Waals surface area (Å²) >= 11 is 0. The highest BCUT2D eigenvalue weighted by atomic mass is 14.9. The molecule has 0 radical (unpaired) electrons. The van der Waals surface area contributed by atoms with Crippen molar-refractivity contribution in [1.82, 2.24) is 10.3 Å². The number of nitrogens with zero attached hydrogens (tertiary/aromatic N) is 1. The molecule has 2 heterocycles. The minimum absolute atomic E-state index is 0.629. The van der Waals surface area contributed by atoms with E-state index in [1.807, 2.05) is 6.20 Å². The van der Waals surface area contributed by atoms with Crippen molar-refractivity contribution in [3.63, 3.8) is 0 Å². The van der Waals surface area contributed by atoms with Crippen LogP contribution in [0.1, 0.15) is 35.6 Å². The molecule has 2 heteroatoms. The van der Waals surface area contributed by atoms with Gasteiger partial charge in [0.1, 0.15) is 0 Å². The van der Waals surface area contributed by atoms with Crippen LogP contribution in [-0.4, -0.2) is 18.1 Å². The zero-order valence-electron chi connectivity index (χ0n) is 9.01. The van der Waals surface area contributed by atoms with Gasteiger partial charge in [-0.25, -0.2) is 0 Å². The van der Waals surface area contributed by atoms with Gasteiger partial charge in [0.15, 0.2) is 0 Å². The highest BCUT2D eigenvalue weighted by molar-refractivity contribution is 5.26. The number of hydrogen-bond acceptors (Lipinski definition) is 2. The average Bonchev–Trinajstić information content (AvgIpc) is 2.19. The normalized spacial score (nSPS) is 22.3. The molecule has 1 unspecified atom stereocenters. The summed E-state index contributed by atoms with van der Waals surface area (Å²) < 4.78 is 0. The van der Waals surface area contributed by atoms with E-state index >= 15 is 0 Å². The summed E-state index contributed by atoms with van der Waals surface area (Å²) in [6, 6.07) is 2.23. The lowest BCUT2D eigenvalue weighted by Gasteiger charge is -2.23. The van der Waals surface area contributed by atoms with Gasteiger partial charge < -0.3 is 5.32 Å². The molecule has 1 aromatic heterocycles. The number of nitrogens with one attached hydrogen (secondary N) is 1. The summed E-state index contributed by atoms with van der Waals surface area (Å²) in [5.74, 6) is 0.629. The molecule has 0 amide bonds. The average molecular weight is 190 g/mol. The zero-order chi connectivity index (χ0) is 9.97. The molecular weight excluding hydrogens is 172 g/mol. The van der Waals surface area contributed by atoms with E-state index in [1.54, 1.807) is 0 Å². The van der Waals surface area contributed by atoms with Gasteiger partial charge in [0.05, 0.1) is 0 Å².